The molecule has 23 heavy (non-hydrogen) atoms. The molecule has 1 fully saturated rings. The minimum absolute atomic E-state index is 0.0383. The van der Waals surface area contributed by atoms with Gasteiger partial charge in [0.2, 0.25) is 5.88 Å². The van der Waals surface area contributed by atoms with E-state index >= 15 is 0 Å². The van der Waals surface area contributed by atoms with Crippen LogP contribution in [0.1, 0.15) is 49.0 Å². The highest BCUT2D eigenvalue weighted by atomic mass is 16.5. The Balaban J connectivity index is 0.000000924. The second kappa shape index (κ2) is 6.66. The summed E-state index contributed by atoms with van der Waals surface area (Å²) in [5.41, 5.74) is 1.22. The third-order valence-corrected chi connectivity index (χ3v) is 4.18. The Kier molecular flexibility index (Phi) is 4.85. The van der Waals surface area contributed by atoms with Crippen molar-refractivity contribution in [3.8, 4) is 11.9 Å². The van der Waals surface area contributed by atoms with Crippen LogP contribution >= 0.6 is 0 Å². The van der Waals surface area contributed by atoms with Gasteiger partial charge in [0, 0.05) is 5.39 Å². The van der Waals surface area contributed by atoms with Crippen LogP contribution < -0.4 is 4.74 Å². The molecule has 0 spiro atoms. The molecule has 0 unspecified atom stereocenters. The van der Waals surface area contributed by atoms with E-state index in [9.17, 15) is 10.1 Å². The average molecular weight is 312 g/mol. The standard InChI is InChI=1S/C16H14N2O3.C2H6/c1-21-14-12(15(19)20)7-10-3-4-11(8-13(10)18-14)16(9-17)5-2-6-16;1-2/h3-4,7-8H,2,5-6H2,1H3,(H,19,20);1-2H3. The van der Waals surface area contributed by atoms with E-state index in [2.05, 4.69) is 11.1 Å². The van der Waals surface area contributed by atoms with Crippen molar-refractivity contribution in [2.24, 2.45) is 0 Å². The molecule has 0 bridgehead atoms. The fourth-order valence-corrected chi connectivity index (χ4v) is 2.75. The molecule has 1 heterocycles. The molecular formula is C18H20N2O3. The van der Waals surface area contributed by atoms with E-state index in [1.54, 1.807) is 6.07 Å². The van der Waals surface area contributed by atoms with Crippen molar-refractivity contribution >= 4 is 16.9 Å². The van der Waals surface area contributed by atoms with E-state index in [0.717, 1.165) is 30.2 Å². The number of benzene rings is 1. The van der Waals surface area contributed by atoms with Crippen LogP contribution in [0.25, 0.3) is 10.9 Å². The van der Waals surface area contributed by atoms with E-state index < -0.39 is 11.4 Å². The van der Waals surface area contributed by atoms with E-state index in [4.69, 9.17) is 9.84 Å². The predicted octanol–water partition coefficient (Wildman–Crippen LogP) is 3.91. The zero-order valence-corrected chi connectivity index (χ0v) is 13.6. The minimum atomic E-state index is -1.07. The zero-order valence-electron chi connectivity index (χ0n) is 13.6. The van der Waals surface area contributed by atoms with E-state index in [1.807, 2.05) is 32.0 Å². The van der Waals surface area contributed by atoms with Crippen LogP contribution in [-0.4, -0.2) is 23.2 Å². The van der Waals surface area contributed by atoms with Gasteiger partial charge in [-0.05, 0) is 37.0 Å². The first-order valence-corrected chi connectivity index (χ1v) is 7.73. The van der Waals surface area contributed by atoms with Crippen molar-refractivity contribution in [1.82, 2.24) is 4.98 Å². The van der Waals surface area contributed by atoms with Gasteiger partial charge in [-0.3, -0.25) is 0 Å². The number of nitrogens with zero attached hydrogens (tertiary/aromatic N) is 2. The van der Waals surface area contributed by atoms with Crippen molar-refractivity contribution < 1.29 is 14.6 Å². The van der Waals surface area contributed by atoms with Gasteiger partial charge in [0.15, 0.2) is 0 Å². The Bertz CT molecular complexity index is 774. The van der Waals surface area contributed by atoms with Gasteiger partial charge in [-0.1, -0.05) is 26.0 Å². The van der Waals surface area contributed by atoms with Gasteiger partial charge in [-0.2, -0.15) is 5.26 Å². The normalized spacial score (nSPS) is 14.9. The number of hydrogen-bond acceptors (Lipinski definition) is 4. The number of rotatable bonds is 3. The maximum Gasteiger partial charge on any atom is 0.341 e. The first-order valence-electron chi connectivity index (χ1n) is 7.73. The third kappa shape index (κ3) is 2.85. The largest absolute Gasteiger partial charge is 0.480 e. The number of carboxylic acids is 1. The molecule has 0 aliphatic heterocycles. The summed E-state index contributed by atoms with van der Waals surface area (Å²) in [6, 6.07) is 9.53. The molecule has 0 atom stereocenters. The van der Waals surface area contributed by atoms with Crippen LogP contribution in [-0.2, 0) is 5.41 Å². The zero-order chi connectivity index (χ0) is 17.0. The Labute approximate surface area is 135 Å². The van der Waals surface area contributed by atoms with Crippen molar-refractivity contribution in [1.29, 1.82) is 5.26 Å². The maximum absolute atomic E-state index is 11.2. The summed E-state index contributed by atoms with van der Waals surface area (Å²) >= 11 is 0. The molecule has 2 aromatic rings. The summed E-state index contributed by atoms with van der Waals surface area (Å²) in [4.78, 5) is 15.5. The Morgan fingerprint density at radius 3 is 2.52 bits per heavy atom. The lowest BCUT2D eigenvalue weighted by Gasteiger charge is -2.35. The number of nitriles is 1. The molecule has 1 aromatic heterocycles. The Morgan fingerprint density at radius 2 is 2.04 bits per heavy atom. The van der Waals surface area contributed by atoms with Gasteiger partial charge in [0.25, 0.3) is 0 Å². The lowest BCUT2D eigenvalue weighted by molar-refractivity contribution is 0.0692. The number of aromatic carboxylic acids is 1. The predicted molar refractivity (Wildman–Crippen MR) is 87.7 cm³/mol. The molecule has 5 heteroatoms. The first kappa shape index (κ1) is 16.8. The molecule has 0 saturated heterocycles. The monoisotopic (exact) mass is 312 g/mol. The summed E-state index contributed by atoms with van der Waals surface area (Å²) in [6.07, 6.45) is 2.78. The molecule has 0 amide bonds. The number of carboxylic acid groups (broad SMARTS) is 1. The fourth-order valence-electron chi connectivity index (χ4n) is 2.75. The van der Waals surface area contributed by atoms with Crippen LogP contribution in [0.2, 0.25) is 0 Å². The quantitative estimate of drug-likeness (QED) is 0.929. The third-order valence-electron chi connectivity index (χ3n) is 4.18. The topological polar surface area (TPSA) is 83.2 Å². The second-order valence-electron chi connectivity index (χ2n) is 5.31. The van der Waals surface area contributed by atoms with Gasteiger partial charge in [-0.15, -0.1) is 0 Å². The summed E-state index contributed by atoms with van der Waals surface area (Å²) in [7, 11) is 1.40. The summed E-state index contributed by atoms with van der Waals surface area (Å²) in [6.45, 7) is 4.00. The average Bonchev–Trinajstić information content (AvgIpc) is 2.54. The number of methoxy groups -OCH3 is 1. The van der Waals surface area contributed by atoms with Crippen molar-refractivity contribution in [3.63, 3.8) is 0 Å². The van der Waals surface area contributed by atoms with Crippen LogP contribution in [0.5, 0.6) is 5.88 Å². The summed E-state index contributed by atoms with van der Waals surface area (Å²) in [5, 5.41) is 19.3. The molecule has 1 aliphatic carbocycles. The smallest absolute Gasteiger partial charge is 0.341 e. The number of carbonyl (C=O) groups is 1. The number of ether oxygens (including phenoxy) is 1. The van der Waals surface area contributed by atoms with Gasteiger partial charge in [0.1, 0.15) is 5.56 Å². The molecular weight excluding hydrogens is 292 g/mol. The van der Waals surface area contributed by atoms with Crippen LogP contribution in [0, 0.1) is 11.3 Å². The number of aromatic nitrogens is 1. The maximum atomic E-state index is 11.2. The lowest BCUT2D eigenvalue weighted by atomic mass is 9.65. The highest BCUT2D eigenvalue weighted by Crippen LogP contribution is 2.43. The first-order chi connectivity index (χ1) is 11.1. The highest BCUT2D eigenvalue weighted by molar-refractivity contribution is 5.95. The second-order valence-corrected chi connectivity index (χ2v) is 5.31. The van der Waals surface area contributed by atoms with Crippen LogP contribution in [0.3, 0.4) is 0 Å². The Morgan fingerprint density at radius 1 is 1.35 bits per heavy atom. The highest BCUT2D eigenvalue weighted by Gasteiger charge is 2.39. The molecule has 1 aromatic carbocycles. The van der Waals surface area contributed by atoms with Gasteiger partial charge in [-0.25, -0.2) is 9.78 Å². The molecule has 3 rings (SSSR count). The lowest BCUT2D eigenvalue weighted by Crippen LogP contribution is -2.32. The van der Waals surface area contributed by atoms with E-state index in [0.29, 0.717) is 5.52 Å². The van der Waals surface area contributed by atoms with E-state index in [-0.39, 0.29) is 11.4 Å². The number of fused-ring (bicyclic) bond motifs is 1. The van der Waals surface area contributed by atoms with Gasteiger partial charge < -0.3 is 9.84 Å². The molecule has 5 nitrogen and oxygen atoms in total. The summed E-state index contributed by atoms with van der Waals surface area (Å²) in [5.74, 6) is -0.982. The van der Waals surface area contributed by atoms with Gasteiger partial charge >= 0.3 is 5.97 Å². The number of hydrogen-bond donors (Lipinski definition) is 1. The fraction of sp³-hybridized carbons (Fsp3) is 0.389. The van der Waals surface area contributed by atoms with Crippen molar-refractivity contribution in [3.05, 3.63) is 35.4 Å². The molecule has 0 radical (unpaired) electrons. The molecule has 120 valence electrons. The van der Waals surface area contributed by atoms with Gasteiger partial charge in [0.05, 0.1) is 24.1 Å². The SMILES string of the molecule is CC.COc1nc2cc(C3(C#N)CCC3)ccc2cc1C(=O)O. The van der Waals surface area contributed by atoms with Crippen LogP contribution in [0.15, 0.2) is 24.3 Å². The molecule has 1 N–H and O–H groups in total. The van der Waals surface area contributed by atoms with E-state index in [1.165, 1.54) is 7.11 Å². The molecule has 1 aliphatic rings. The van der Waals surface area contributed by atoms with Crippen molar-refractivity contribution in [2.45, 2.75) is 38.5 Å². The molecule has 1 saturated carbocycles. The number of pyridine rings is 1. The van der Waals surface area contributed by atoms with Crippen molar-refractivity contribution in [2.75, 3.05) is 7.11 Å². The Hall–Kier alpha value is -2.61. The summed E-state index contributed by atoms with van der Waals surface area (Å²) < 4.78 is 5.05. The minimum Gasteiger partial charge on any atom is -0.480 e. The van der Waals surface area contributed by atoms with Crippen LogP contribution in [0.4, 0.5) is 0 Å².